The average molecular weight is 264 g/mol. The van der Waals surface area contributed by atoms with Crippen LogP contribution in [0.2, 0.25) is 0 Å². The molecular weight excluding hydrogens is 236 g/mol. The molecule has 0 aliphatic heterocycles. The quantitative estimate of drug-likeness (QED) is 0.699. The van der Waals surface area contributed by atoms with Gasteiger partial charge in [0.15, 0.2) is 0 Å². The third-order valence-electron chi connectivity index (χ3n) is 5.97. The second-order valence-electron chi connectivity index (χ2n) is 8.25. The molecule has 0 spiro atoms. The van der Waals surface area contributed by atoms with Crippen LogP contribution in [0.25, 0.3) is 0 Å². The van der Waals surface area contributed by atoms with Crippen molar-refractivity contribution in [2.24, 2.45) is 29.1 Å². The third-order valence-corrected chi connectivity index (χ3v) is 5.97. The van der Waals surface area contributed by atoms with E-state index in [-0.39, 0.29) is 17.0 Å². The van der Waals surface area contributed by atoms with Crippen LogP contribution in [0.1, 0.15) is 66.2 Å². The number of carbonyl (C=O) groups is 1. The Balaban J connectivity index is 1.85. The average Bonchev–Trinajstić information content (AvgIpc) is 2.31. The Bertz CT molecular complexity index is 349. The molecule has 0 aromatic carbocycles. The van der Waals surface area contributed by atoms with E-state index in [2.05, 4.69) is 6.92 Å². The van der Waals surface area contributed by atoms with Gasteiger partial charge in [-0.15, -0.1) is 0 Å². The molecule has 0 radical (unpaired) electrons. The summed E-state index contributed by atoms with van der Waals surface area (Å²) in [6.07, 6.45) is 7.66. The highest BCUT2D eigenvalue weighted by Crippen LogP contribution is 2.60. The molecule has 4 fully saturated rings. The molecule has 0 amide bonds. The highest BCUT2D eigenvalue weighted by Gasteiger charge is 2.59. The maximum absolute atomic E-state index is 12.4. The molecule has 4 bridgehead atoms. The Labute approximate surface area is 117 Å². The Kier molecular flexibility index (Phi) is 3.00. The second kappa shape index (κ2) is 4.23. The van der Waals surface area contributed by atoms with E-state index in [1.807, 2.05) is 20.8 Å². The molecule has 0 saturated heterocycles. The summed E-state index contributed by atoms with van der Waals surface area (Å²) in [7, 11) is 0. The first-order valence-electron chi connectivity index (χ1n) is 8.08. The van der Waals surface area contributed by atoms with E-state index in [0.717, 1.165) is 18.3 Å². The van der Waals surface area contributed by atoms with Gasteiger partial charge in [0.25, 0.3) is 0 Å². The summed E-state index contributed by atoms with van der Waals surface area (Å²) in [6, 6.07) is 0. The molecule has 19 heavy (non-hydrogen) atoms. The molecule has 108 valence electrons. The number of esters is 1. The van der Waals surface area contributed by atoms with Crippen molar-refractivity contribution >= 4 is 5.97 Å². The third kappa shape index (κ3) is 2.02. The molecule has 0 aromatic heterocycles. The van der Waals surface area contributed by atoms with Crippen molar-refractivity contribution in [1.29, 1.82) is 0 Å². The lowest BCUT2D eigenvalue weighted by Crippen LogP contribution is -2.60. The minimum atomic E-state index is -0.378. The van der Waals surface area contributed by atoms with E-state index >= 15 is 0 Å². The van der Waals surface area contributed by atoms with Crippen LogP contribution in [0.3, 0.4) is 0 Å². The summed E-state index contributed by atoms with van der Waals surface area (Å²) in [4.78, 5) is 12.4. The second-order valence-corrected chi connectivity index (χ2v) is 8.25. The van der Waals surface area contributed by atoms with Crippen LogP contribution in [0.4, 0.5) is 0 Å². The van der Waals surface area contributed by atoms with Gasteiger partial charge in [0, 0.05) is 0 Å². The summed E-state index contributed by atoms with van der Waals surface area (Å²) in [5, 5.41) is 0. The summed E-state index contributed by atoms with van der Waals surface area (Å²) >= 11 is 0. The number of hydrogen-bond donors (Lipinski definition) is 0. The van der Waals surface area contributed by atoms with E-state index < -0.39 is 0 Å². The molecule has 0 unspecified atom stereocenters. The van der Waals surface area contributed by atoms with Crippen LogP contribution in [0.15, 0.2) is 0 Å². The predicted molar refractivity (Wildman–Crippen MR) is 75.6 cm³/mol. The largest absolute Gasteiger partial charge is 0.458 e. The number of carbonyl (C=O) groups excluding carboxylic acids is 1. The van der Waals surface area contributed by atoms with Crippen molar-refractivity contribution in [3.8, 4) is 0 Å². The summed E-state index contributed by atoms with van der Waals surface area (Å²) in [5.41, 5.74) is -0.505. The van der Waals surface area contributed by atoms with Gasteiger partial charge in [0.05, 0.1) is 5.41 Å². The van der Waals surface area contributed by atoms with Gasteiger partial charge < -0.3 is 4.74 Å². The van der Waals surface area contributed by atoms with Gasteiger partial charge >= 0.3 is 5.97 Å². The lowest BCUT2D eigenvalue weighted by atomic mass is 9.49. The van der Waals surface area contributed by atoms with Gasteiger partial charge in [-0.05, 0) is 83.0 Å². The SMILES string of the molecule is CCC1(OC(=O)C(C)(C)C)C2CC3CC(C2)CC1C3. The standard InChI is InChI=1S/C17H28O2/c1-5-17(19-15(18)16(2,3)4)13-7-11-6-12(9-13)10-14(17)8-11/h11-14H,5-10H2,1-4H3. The van der Waals surface area contributed by atoms with Crippen molar-refractivity contribution in [3.05, 3.63) is 0 Å². The topological polar surface area (TPSA) is 26.3 Å². The minimum absolute atomic E-state index is 0.00169. The molecule has 4 saturated carbocycles. The van der Waals surface area contributed by atoms with Crippen LogP contribution < -0.4 is 0 Å². The Morgan fingerprint density at radius 3 is 1.89 bits per heavy atom. The van der Waals surface area contributed by atoms with Gasteiger partial charge in [0.2, 0.25) is 0 Å². The lowest BCUT2D eigenvalue weighted by molar-refractivity contribution is -0.217. The maximum Gasteiger partial charge on any atom is 0.311 e. The fourth-order valence-electron chi connectivity index (χ4n) is 5.12. The number of ether oxygens (including phenoxy) is 1. The van der Waals surface area contributed by atoms with E-state index in [0.29, 0.717) is 11.8 Å². The van der Waals surface area contributed by atoms with E-state index in [4.69, 9.17) is 4.74 Å². The monoisotopic (exact) mass is 264 g/mol. The summed E-state index contributed by atoms with van der Waals surface area (Å²) in [6.45, 7) is 8.12. The number of rotatable bonds is 2. The van der Waals surface area contributed by atoms with Gasteiger partial charge in [-0.25, -0.2) is 0 Å². The Morgan fingerprint density at radius 2 is 1.53 bits per heavy atom. The first kappa shape index (κ1) is 13.5. The van der Waals surface area contributed by atoms with Gasteiger partial charge in [-0.1, -0.05) is 6.92 Å². The molecule has 0 aromatic rings. The first-order valence-corrected chi connectivity index (χ1v) is 8.08. The zero-order chi connectivity index (χ0) is 13.8. The minimum Gasteiger partial charge on any atom is -0.458 e. The van der Waals surface area contributed by atoms with Gasteiger partial charge in [0.1, 0.15) is 5.60 Å². The summed E-state index contributed by atoms with van der Waals surface area (Å²) in [5.74, 6) is 3.13. The molecule has 0 atom stereocenters. The molecule has 2 heteroatoms. The van der Waals surface area contributed by atoms with Gasteiger partial charge in [-0.3, -0.25) is 4.79 Å². The Hall–Kier alpha value is -0.530. The highest BCUT2D eigenvalue weighted by atomic mass is 16.6. The number of hydrogen-bond acceptors (Lipinski definition) is 2. The van der Waals surface area contributed by atoms with Crippen LogP contribution >= 0.6 is 0 Å². The zero-order valence-corrected chi connectivity index (χ0v) is 12.9. The van der Waals surface area contributed by atoms with Crippen molar-refractivity contribution in [2.75, 3.05) is 0 Å². The fraction of sp³-hybridized carbons (Fsp3) is 0.941. The summed E-state index contributed by atoms with van der Waals surface area (Å²) < 4.78 is 6.19. The smallest absolute Gasteiger partial charge is 0.311 e. The molecule has 0 N–H and O–H groups in total. The zero-order valence-electron chi connectivity index (χ0n) is 12.9. The first-order chi connectivity index (χ1) is 8.85. The molecule has 4 rings (SSSR count). The Morgan fingerprint density at radius 1 is 1.05 bits per heavy atom. The fourth-order valence-corrected chi connectivity index (χ4v) is 5.12. The maximum atomic E-state index is 12.4. The predicted octanol–water partition coefficient (Wildman–Crippen LogP) is 4.18. The molecular formula is C17H28O2. The van der Waals surface area contributed by atoms with Crippen molar-refractivity contribution < 1.29 is 9.53 Å². The van der Waals surface area contributed by atoms with Crippen LogP contribution in [0, 0.1) is 29.1 Å². The van der Waals surface area contributed by atoms with Gasteiger partial charge in [-0.2, -0.15) is 0 Å². The lowest BCUT2D eigenvalue weighted by Gasteiger charge is -2.60. The molecule has 4 aliphatic rings. The highest BCUT2D eigenvalue weighted by molar-refractivity contribution is 5.76. The van der Waals surface area contributed by atoms with Crippen LogP contribution in [-0.2, 0) is 9.53 Å². The van der Waals surface area contributed by atoms with Crippen molar-refractivity contribution in [3.63, 3.8) is 0 Å². The van der Waals surface area contributed by atoms with E-state index in [1.54, 1.807) is 0 Å². The van der Waals surface area contributed by atoms with Crippen molar-refractivity contribution in [1.82, 2.24) is 0 Å². The molecule has 2 nitrogen and oxygen atoms in total. The normalized spacial score (nSPS) is 44.4. The van der Waals surface area contributed by atoms with Crippen molar-refractivity contribution in [2.45, 2.75) is 71.8 Å². The van der Waals surface area contributed by atoms with Crippen LogP contribution in [0.5, 0.6) is 0 Å². The van der Waals surface area contributed by atoms with Crippen LogP contribution in [-0.4, -0.2) is 11.6 Å². The van der Waals surface area contributed by atoms with E-state index in [9.17, 15) is 4.79 Å². The van der Waals surface area contributed by atoms with E-state index in [1.165, 1.54) is 32.1 Å². The molecule has 0 heterocycles. The molecule has 4 aliphatic carbocycles.